The molecule has 0 bridgehead atoms. The molecule has 2 rings (SSSR count). The predicted octanol–water partition coefficient (Wildman–Crippen LogP) is 2.91. The Kier molecular flexibility index (Phi) is 5.11. The first kappa shape index (κ1) is 13.8. The van der Waals surface area contributed by atoms with Crippen molar-refractivity contribution >= 4 is 0 Å². The second kappa shape index (κ2) is 7.06. The average Bonchev–Trinajstić information content (AvgIpc) is 2.46. The third kappa shape index (κ3) is 3.65. The van der Waals surface area contributed by atoms with Crippen molar-refractivity contribution in [3.05, 3.63) is 23.8 Å². The standard InChI is InChI=1S/C16H21NO2/c1-3-5-6-7-14(17-4-2)13-8-9-15-16(12-13)19-11-10-18-15/h1,8-9,12,14,17H,4-7,10-11H2,2H3. The summed E-state index contributed by atoms with van der Waals surface area (Å²) in [6, 6.07) is 6.51. The van der Waals surface area contributed by atoms with Crippen LogP contribution in [0.3, 0.4) is 0 Å². The topological polar surface area (TPSA) is 30.5 Å². The summed E-state index contributed by atoms with van der Waals surface area (Å²) in [4.78, 5) is 0. The fourth-order valence-electron chi connectivity index (χ4n) is 2.32. The quantitative estimate of drug-likeness (QED) is 0.629. The van der Waals surface area contributed by atoms with E-state index in [1.807, 2.05) is 6.07 Å². The minimum absolute atomic E-state index is 0.328. The van der Waals surface area contributed by atoms with Crippen LogP contribution in [0.25, 0.3) is 0 Å². The zero-order valence-electron chi connectivity index (χ0n) is 11.4. The smallest absolute Gasteiger partial charge is 0.161 e. The van der Waals surface area contributed by atoms with Crippen molar-refractivity contribution in [1.82, 2.24) is 5.32 Å². The summed E-state index contributed by atoms with van der Waals surface area (Å²) < 4.78 is 11.2. The second-order valence-electron chi connectivity index (χ2n) is 4.61. The molecule has 0 fully saturated rings. The Balaban J connectivity index is 2.09. The van der Waals surface area contributed by atoms with Crippen LogP contribution in [0.1, 0.15) is 37.8 Å². The summed E-state index contributed by atoms with van der Waals surface area (Å²) in [6.45, 7) is 4.31. The summed E-state index contributed by atoms with van der Waals surface area (Å²) in [7, 11) is 0. The van der Waals surface area contributed by atoms with Crippen molar-refractivity contribution in [2.45, 2.75) is 32.2 Å². The molecule has 1 atom stereocenters. The largest absolute Gasteiger partial charge is 0.486 e. The first-order valence-electron chi connectivity index (χ1n) is 6.91. The monoisotopic (exact) mass is 259 g/mol. The lowest BCUT2D eigenvalue weighted by molar-refractivity contribution is 0.171. The molecule has 1 aliphatic rings. The molecule has 1 aromatic carbocycles. The summed E-state index contributed by atoms with van der Waals surface area (Å²) >= 11 is 0. The molecule has 1 unspecified atom stereocenters. The van der Waals surface area contributed by atoms with Gasteiger partial charge >= 0.3 is 0 Å². The maximum Gasteiger partial charge on any atom is 0.161 e. The van der Waals surface area contributed by atoms with Crippen LogP contribution in [0.15, 0.2) is 18.2 Å². The van der Waals surface area contributed by atoms with Crippen molar-refractivity contribution in [1.29, 1.82) is 0 Å². The number of fused-ring (bicyclic) bond motifs is 1. The molecule has 0 radical (unpaired) electrons. The Morgan fingerprint density at radius 2 is 2.11 bits per heavy atom. The summed E-state index contributed by atoms with van der Waals surface area (Å²) in [5.74, 6) is 4.39. The second-order valence-corrected chi connectivity index (χ2v) is 4.61. The summed E-state index contributed by atoms with van der Waals surface area (Å²) in [6.07, 6.45) is 8.21. The molecule has 3 heteroatoms. The first-order valence-corrected chi connectivity index (χ1v) is 6.91. The highest BCUT2D eigenvalue weighted by Crippen LogP contribution is 2.33. The van der Waals surface area contributed by atoms with Gasteiger partial charge in [-0.25, -0.2) is 0 Å². The van der Waals surface area contributed by atoms with Crippen LogP contribution in [-0.4, -0.2) is 19.8 Å². The van der Waals surface area contributed by atoms with Crippen LogP contribution in [0, 0.1) is 12.3 Å². The van der Waals surface area contributed by atoms with E-state index in [0.29, 0.717) is 19.3 Å². The lowest BCUT2D eigenvalue weighted by atomic mass is 10.0. The lowest BCUT2D eigenvalue weighted by Gasteiger charge is -2.22. The highest BCUT2D eigenvalue weighted by atomic mass is 16.6. The Hall–Kier alpha value is -1.66. The van der Waals surface area contributed by atoms with Gasteiger partial charge in [0, 0.05) is 12.5 Å². The summed E-state index contributed by atoms with van der Waals surface area (Å²) in [5.41, 5.74) is 1.24. The molecule has 3 nitrogen and oxygen atoms in total. The van der Waals surface area contributed by atoms with E-state index in [2.05, 4.69) is 30.3 Å². The van der Waals surface area contributed by atoms with E-state index in [-0.39, 0.29) is 0 Å². The Bertz CT molecular complexity index is 451. The van der Waals surface area contributed by atoms with E-state index in [1.165, 1.54) is 5.56 Å². The van der Waals surface area contributed by atoms with Crippen molar-refractivity contribution in [2.75, 3.05) is 19.8 Å². The van der Waals surface area contributed by atoms with Gasteiger partial charge in [-0.2, -0.15) is 0 Å². The van der Waals surface area contributed by atoms with E-state index in [9.17, 15) is 0 Å². The zero-order chi connectivity index (χ0) is 13.5. The highest BCUT2D eigenvalue weighted by Gasteiger charge is 2.16. The number of unbranched alkanes of at least 4 members (excludes halogenated alkanes) is 1. The van der Waals surface area contributed by atoms with E-state index < -0.39 is 0 Å². The van der Waals surface area contributed by atoms with Crippen LogP contribution in [0.2, 0.25) is 0 Å². The van der Waals surface area contributed by atoms with Gasteiger partial charge in [-0.05, 0) is 37.1 Å². The fraction of sp³-hybridized carbons (Fsp3) is 0.500. The fourth-order valence-corrected chi connectivity index (χ4v) is 2.32. The number of nitrogens with one attached hydrogen (secondary N) is 1. The van der Waals surface area contributed by atoms with E-state index in [1.54, 1.807) is 0 Å². The lowest BCUT2D eigenvalue weighted by Crippen LogP contribution is -2.21. The van der Waals surface area contributed by atoms with Gasteiger partial charge < -0.3 is 14.8 Å². The van der Waals surface area contributed by atoms with Crippen LogP contribution in [-0.2, 0) is 0 Å². The molecule has 1 N–H and O–H groups in total. The van der Waals surface area contributed by atoms with Crippen LogP contribution in [0.5, 0.6) is 11.5 Å². The molecule has 1 heterocycles. The first-order chi connectivity index (χ1) is 9.35. The molecule has 0 amide bonds. The van der Waals surface area contributed by atoms with Gasteiger partial charge in [0.1, 0.15) is 13.2 Å². The number of hydrogen-bond donors (Lipinski definition) is 1. The maximum absolute atomic E-state index is 5.63. The third-order valence-electron chi connectivity index (χ3n) is 3.23. The molecule has 0 saturated heterocycles. The molecule has 19 heavy (non-hydrogen) atoms. The minimum Gasteiger partial charge on any atom is -0.486 e. The Morgan fingerprint density at radius 3 is 2.84 bits per heavy atom. The van der Waals surface area contributed by atoms with Crippen molar-refractivity contribution < 1.29 is 9.47 Å². The number of ether oxygens (including phenoxy) is 2. The average molecular weight is 259 g/mol. The van der Waals surface area contributed by atoms with Gasteiger partial charge in [0.2, 0.25) is 0 Å². The molecule has 0 aliphatic carbocycles. The minimum atomic E-state index is 0.328. The molecule has 1 aliphatic heterocycles. The van der Waals surface area contributed by atoms with E-state index in [0.717, 1.165) is 37.3 Å². The molecule has 0 spiro atoms. The van der Waals surface area contributed by atoms with E-state index in [4.69, 9.17) is 15.9 Å². The SMILES string of the molecule is C#CCCCC(NCC)c1ccc2c(c1)OCCO2. The third-order valence-corrected chi connectivity index (χ3v) is 3.23. The number of rotatable bonds is 6. The van der Waals surface area contributed by atoms with Gasteiger partial charge in [0.25, 0.3) is 0 Å². The van der Waals surface area contributed by atoms with Crippen LogP contribution < -0.4 is 14.8 Å². The zero-order valence-corrected chi connectivity index (χ0v) is 11.4. The summed E-state index contributed by atoms with van der Waals surface area (Å²) in [5, 5.41) is 3.50. The molecule has 102 valence electrons. The number of benzene rings is 1. The van der Waals surface area contributed by atoms with Gasteiger partial charge in [0.15, 0.2) is 11.5 Å². The molecule has 0 saturated carbocycles. The number of terminal acetylenes is 1. The van der Waals surface area contributed by atoms with Crippen molar-refractivity contribution in [3.8, 4) is 23.8 Å². The predicted molar refractivity (Wildman–Crippen MR) is 76.5 cm³/mol. The molecular weight excluding hydrogens is 238 g/mol. The van der Waals surface area contributed by atoms with Gasteiger partial charge in [-0.1, -0.05) is 13.0 Å². The van der Waals surface area contributed by atoms with Crippen molar-refractivity contribution in [2.24, 2.45) is 0 Å². The molecular formula is C16H21NO2. The highest BCUT2D eigenvalue weighted by molar-refractivity contribution is 5.44. The van der Waals surface area contributed by atoms with E-state index >= 15 is 0 Å². The molecule has 0 aromatic heterocycles. The Labute approximate surface area is 115 Å². The van der Waals surface area contributed by atoms with Gasteiger partial charge in [-0.3, -0.25) is 0 Å². The normalized spacial score (nSPS) is 14.7. The van der Waals surface area contributed by atoms with Gasteiger partial charge in [0.05, 0.1) is 0 Å². The van der Waals surface area contributed by atoms with Crippen molar-refractivity contribution in [3.63, 3.8) is 0 Å². The Morgan fingerprint density at radius 1 is 1.32 bits per heavy atom. The van der Waals surface area contributed by atoms with Gasteiger partial charge in [-0.15, -0.1) is 12.3 Å². The van der Waals surface area contributed by atoms with Crippen LogP contribution in [0.4, 0.5) is 0 Å². The maximum atomic E-state index is 5.63. The van der Waals surface area contributed by atoms with Crippen LogP contribution >= 0.6 is 0 Å². The number of hydrogen-bond acceptors (Lipinski definition) is 3. The molecule has 1 aromatic rings.